The number of hydrogen-bond donors (Lipinski definition) is 2. The van der Waals surface area contributed by atoms with E-state index in [2.05, 4.69) is 28.8 Å². The van der Waals surface area contributed by atoms with Gasteiger partial charge >= 0.3 is 5.69 Å². The lowest BCUT2D eigenvalue weighted by molar-refractivity contribution is 0.731. The zero-order chi connectivity index (χ0) is 10.1. The van der Waals surface area contributed by atoms with E-state index >= 15 is 0 Å². The normalized spacial score (nSPS) is 13.3. The SMILES string of the molecule is CCC(C)c1cnc2[nH]c(=O)[nH]c2c1. The third-order valence-electron chi connectivity index (χ3n) is 2.57. The van der Waals surface area contributed by atoms with Gasteiger partial charge in [0.25, 0.3) is 0 Å². The second kappa shape index (κ2) is 3.29. The van der Waals surface area contributed by atoms with Crippen LogP contribution in [0.3, 0.4) is 0 Å². The van der Waals surface area contributed by atoms with E-state index in [4.69, 9.17) is 0 Å². The molecule has 4 nitrogen and oxygen atoms in total. The number of fused-ring (bicyclic) bond motifs is 1. The molecular weight excluding hydrogens is 178 g/mol. The van der Waals surface area contributed by atoms with Crippen LogP contribution in [0.15, 0.2) is 17.1 Å². The number of imidazole rings is 1. The molecule has 1 unspecified atom stereocenters. The summed E-state index contributed by atoms with van der Waals surface area (Å²) in [5, 5.41) is 0. The minimum Gasteiger partial charge on any atom is -0.304 e. The van der Waals surface area contributed by atoms with Gasteiger partial charge in [0.05, 0.1) is 5.52 Å². The number of pyridine rings is 1. The summed E-state index contributed by atoms with van der Waals surface area (Å²) < 4.78 is 0. The Bertz CT molecular complexity index is 497. The lowest BCUT2D eigenvalue weighted by Crippen LogP contribution is -1.99. The summed E-state index contributed by atoms with van der Waals surface area (Å²) >= 11 is 0. The van der Waals surface area contributed by atoms with E-state index in [-0.39, 0.29) is 5.69 Å². The summed E-state index contributed by atoms with van der Waals surface area (Å²) in [6.45, 7) is 4.28. The molecule has 0 aromatic carbocycles. The van der Waals surface area contributed by atoms with Crippen LogP contribution in [0.5, 0.6) is 0 Å². The van der Waals surface area contributed by atoms with Gasteiger partial charge in [-0.1, -0.05) is 13.8 Å². The largest absolute Gasteiger partial charge is 0.325 e. The average molecular weight is 191 g/mol. The zero-order valence-corrected chi connectivity index (χ0v) is 8.29. The molecular formula is C10H13N3O. The predicted octanol–water partition coefficient (Wildman–Crippen LogP) is 1.76. The maximum absolute atomic E-state index is 11.0. The lowest BCUT2D eigenvalue weighted by atomic mass is 10.0. The fourth-order valence-corrected chi connectivity index (χ4v) is 1.44. The summed E-state index contributed by atoms with van der Waals surface area (Å²) in [5.41, 5.74) is 2.37. The van der Waals surface area contributed by atoms with Crippen molar-refractivity contribution in [2.24, 2.45) is 0 Å². The van der Waals surface area contributed by atoms with Gasteiger partial charge in [-0.3, -0.25) is 4.98 Å². The van der Waals surface area contributed by atoms with Gasteiger partial charge in [-0.2, -0.15) is 0 Å². The van der Waals surface area contributed by atoms with Crippen molar-refractivity contribution in [3.63, 3.8) is 0 Å². The molecule has 0 saturated heterocycles. The second-order valence-corrected chi connectivity index (χ2v) is 3.55. The molecule has 0 saturated carbocycles. The van der Waals surface area contributed by atoms with E-state index in [0.29, 0.717) is 11.6 Å². The zero-order valence-electron chi connectivity index (χ0n) is 8.29. The molecule has 2 aromatic heterocycles. The van der Waals surface area contributed by atoms with Gasteiger partial charge in [-0.15, -0.1) is 0 Å². The van der Waals surface area contributed by atoms with Crippen LogP contribution in [0.2, 0.25) is 0 Å². The van der Waals surface area contributed by atoms with Crippen molar-refractivity contribution in [3.8, 4) is 0 Å². The fraction of sp³-hybridized carbons (Fsp3) is 0.400. The molecule has 2 aromatic rings. The summed E-state index contributed by atoms with van der Waals surface area (Å²) in [5.74, 6) is 0.477. The molecule has 0 amide bonds. The molecule has 0 spiro atoms. The summed E-state index contributed by atoms with van der Waals surface area (Å²) in [7, 11) is 0. The first-order chi connectivity index (χ1) is 6.70. The highest BCUT2D eigenvalue weighted by Gasteiger charge is 2.05. The minimum atomic E-state index is -0.200. The van der Waals surface area contributed by atoms with E-state index in [0.717, 1.165) is 17.5 Å². The third kappa shape index (κ3) is 1.43. The van der Waals surface area contributed by atoms with Crippen LogP contribution in [0.1, 0.15) is 31.7 Å². The molecule has 0 fully saturated rings. The van der Waals surface area contributed by atoms with E-state index in [1.54, 1.807) is 0 Å². The van der Waals surface area contributed by atoms with Gasteiger partial charge in [0, 0.05) is 6.20 Å². The molecule has 2 N–H and O–H groups in total. The molecule has 2 rings (SSSR count). The molecule has 2 heterocycles. The topological polar surface area (TPSA) is 61.5 Å². The van der Waals surface area contributed by atoms with E-state index < -0.39 is 0 Å². The number of nitrogens with one attached hydrogen (secondary N) is 2. The Morgan fingerprint density at radius 3 is 3.00 bits per heavy atom. The minimum absolute atomic E-state index is 0.200. The highest BCUT2D eigenvalue weighted by Crippen LogP contribution is 2.19. The predicted molar refractivity (Wildman–Crippen MR) is 55.4 cm³/mol. The monoisotopic (exact) mass is 191 g/mol. The van der Waals surface area contributed by atoms with E-state index in [9.17, 15) is 4.79 Å². The molecule has 4 heteroatoms. The number of aromatic nitrogens is 3. The first-order valence-electron chi connectivity index (χ1n) is 4.78. The summed E-state index contributed by atoms with van der Waals surface area (Å²) in [6.07, 6.45) is 2.89. The smallest absolute Gasteiger partial charge is 0.304 e. The molecule has 0 radical (unpaired) electrons. The summed E-state index contributed by atoms with van der Waals surface area (Å²) in [4.78, 5) is 20.5. The van der Waals surface area contributed by atoms with Crippen LogP contribution in [0.4, 0.5) is 0 Å². The number of nitrogens with zero attached hydrogens (tertiary/aromatic N) is 1. The van der Waals surface area contributed by atoms with Gasteiger partial charge in [-0.25, -0.2) is 9.78 Å². The Kier molecular flexibility index (Phi) is 2.11. The van der Waals surface area contributed by atoms with Crippen LogP contribution in [0, 0.1) is 0 Å². The Morgan fingerprint density at radius 2 is 2.29 bits per heavy atom. The summed E-state index contributed by atoms with van der Waals surface area (Å²) in [6, 6.07) is 1.98. The second-order valence-electron chi connectivity index (χ2n) is 3.55. The van der Waals surface area contributed by atoms with Crippen LogP contribution >= 0.6 is 0 Å². The van der Waals surface area contributed by atoms with Crippen molar-refractivity contribution in [3.05, 3.63) is 28.3 Å². The van der Waals surface area contributed by atoms with E-state index in [1.807, 2.05) is 12.3 Å². The Hall–Kier alpha value is -1.58. The number of H-pyrrole nitrogens is 2. The Morgan fingerprint density at radius 1 is 1.50 bits per heavy atom. The molecule has 0 aliphatic heterocycles. The van der Waals surface area contributed by atoms with Gasteiger partial charge < -0.3 is 4.98 Å². The highest BCUT2D eigenvalue weighted by molar-refractivity contribution is 5.70. The van der Waals surface area contributed by atoms with Crippen LogP contribution in [-0.2, 0) is 0 Å². The van der Waals surface area contributed by atoms with Gasteiger partial charge in [0.2, 0.25) is 0 Å². The standard InChI is InChI=1S/C10H13N3O/c1-3-6(2)7-4-8-9(11-5-7)13-10(14)12-8/h4-6H,3H2,1-2H3,(H2,11,12,13,14). The Balaban J connectivity index is 2.55. The van der Waals surface area contributed by atoms with Crippen molar-refractivity contribution in [2.45, 2.75) is 26.2 Å². The van der Waals surface area contributed by atoms with Crippen LogP contribution < -0.4 is 5.69 Å². The van der Waals surface area contributed by atoms with Crippen LogP contribution in [-0.4, -0.2) is 15.0 Å². The fourth-order valence-electron chi connectivity index (χ4n) is 1.44. The van der Waals surface area contributed by atoms with Crippen molar-refractivity contribution in [1.82, 2.24) is 15.0 Å². The van der Waals surface area contributed by atoms with Gasteiger partial charge in [0.15, 0.2) is 5.65 Å². The van der Waals surface area contributed by atoms with Crippen LogP contribution in [0.25, 0.3) is 11.2 Å². The average Bonchev–Trinajstić information content (AvgIpc) is 2.55. The van der Waals surface area contributed by atoms with Gasteiger partial charge in [0.1, 0.15) is 0 Å². The Labute approximate surface area is 81.4 Å². The van der Waals surface area contributed by atoms with Crippen molar-refractivity contribution >= 4 is 11.2 Å². The lowest BCUT2D eigenvalue weighted by Gasteiger charge is -2.07. The number of hydrogen-bond acceptors (Lipinski definition) is 2. The molecule has 74 valence electrons. The molecule has 14 heavy (non-hydrogen) atoms. The quantitative estimate of drug-likeness (QED) is 0.759. The number of aromatic amines is 2. The maximum Gasteiger partial charge on any atom is 0.325 e. The van der Waals surface area contributed by atoms with Gasteiger partial charge in [-0.05, 0) is 24.0 Å². The molecule has 1 atom stereocenters. The van der Waals surface area contributed by atoms with Crippen molar-refractivity contribution in [1.29, 1.82) is 0 Å². The van der Waals surface area contributed by atoms with E-state index in [1.165, 1.54) is 0 Å². The molecule has 0 bridgehead atoms. The van der Waals surface area contributed by atoms with Crippen molar-refractivity contribution < 1.29 is 0 Å². The molecule has 0 aliphatic carbocycles. The molecule has 0 aliphatic rings. The first-order valence-corrected chi connectivity index (χ1v) is 4.78. The number of rotatable bonds is 2. The third-order valence-corrected chi connectivity index (χ3v) is 2.57. The highest BCUT2D eigenvalue weighted by atomic mass is 16.1. The first kappa shape index (κ1) is 8.99. The van der Waals surface area contributed by atoms with Crippen molar-refractivity contribution in [2.75, 3.05) is 0 Å². The maximum atomic E-state index is 11.0.